The second kappa shape index (κ2) is 9.67. The van der Waals surface area contributed by atoms with E-state index >= 15 is 0 Å². The fourth-order valence-corrected chi connectivity index (χ4v) is 3.15. The Morgan fingerprint density at radius 3 is 2.29 bits per heavy atom. The maximum absolute atomic E-state index is 13.1. The molecular weight excluding hydrogens is 418 g/mol. The van der Waals surface area contributed by atoms with Crippen molar-refractivity contribution in [1.29, 1.82) is 0 Å². The van der Waals surface area contributed by atoms with Crippen LogP contribution in [0.15, 0.2) is 48.5 Å². The van der Waals surface area contributed by atoms with Crippen molar-refractivity contribution in [3.8, 4) is 5.75 Å². The van der Waals surface area contributed by atoms with Crippen LogP contribution in [-0.2, 0) is 0 Å². The number of carbonyl (C=O) groups excluding carboxylic acids is 2. The van der Waals surface area contributed by atoms with Crippen molar-refractivity contribution < 1.29 is 31.9 Å². The maximum atomic E-state index is 13.1. The molecule has 6 nitrogen and oxygen atoms in total. The Kier molecular flexibility index (Phi) is 6.98. The molecule has 10 heteroatoms. The van der Waals surface area contributed by atoms with Crippen LogP contribution in [0.2, 0.25) is 0 Å². The van der Waals surface area contributed by atoms with E-state index in [1.165, 1.54) is 47.4 Å². The summed E-state index contributed by atoms with van der Waals surface area (Å²) in [6, 6.07) is 10.6. The van der Waals surface area contributed by atoms with Gasteiger partial charge in [-0.3, -0.25) is 4.79 Å². The lowest BCUT2D eigenvalue weighted by atomic mass is 10.2. The summed E-state index contributed by atoms with van der Waals surface area (Å²) in [4.78, 5) is 28.3. The minimum atomic E-state index is -4.50. The number of urea groups is 1. The third-order valence-electron chi connectivity index (χ3n) is 4.68. The first-order valence-corrected chi connectivity index (χ1v) is 9.62. The first-order chi connectivity index (χ1) is 14.7. The van der Waals surface area contributed by atoms with Crippen molar-refractivity contribution in [2.45, 2.75) is 12.6 Å². The topological polar surface area (TPSA) is 61.9 Å². The number of para-hydroxylation sites is 2. The fraction of sp³-hybridized carbons (Fsp3) is 0.333. The molecule has 0 saturated carbocycles. The van der Waals surface area contributed by atoms with Crippen LogP contribution in [-0.4, -0.2) is 60.7 Å². The minimum absolute atomic E-state index is 0.0869. The standard InChI is InChI=1S/C21H21F4N3O3/c22-16-8-6-15(7-9-16)19(29)27-10-3-11-28(13-12-27)20(30)26-17-4-1-2-5-18(17)31-14-21(23,24)25/h1-2,4-9H,3,10-14H2,(H,26,30). The molecule has 0 unspecified atom stereocenters. The number of benzene rings is 2. The van der Waals surface area contributed by atoms with Gasteiger partial charge in [0.05, 0.1) is 5.69 Å². The Balaban J connectivity index is 1.60. The van der Waals surface area contributed by atoms with Gasteiger partial charge in [-0.2, -0.15) is 13.2 Å². The van der Waals surface area contributed by atoms with E-state index in [-0.39, 0.29) is 30.4 Å². The Hall–Kier alpha value is -3.30. The molecule has 166 valence electrons. The molecule has 0 aliphatic carbocycles. The zero-order valence-corrected chi connectivity index (χ0v) is 16.5. The zero-order chi connectivity index (χ0) is 22.4. The molecule has 1 fully saturated rings. The molecule has 31 heavy (non-hydrogen) atoms. The number of amides is 3. The average molecular weight is 439 g/mol. The van der Waals surface area contributed by atoms with Gasteiger partial charge in [-0.1, -0.05) is 12.1 Å². The quantitative estimate of drug-likeness (QED) is 0.729. The Bertz CT molecular complexity index is 919. The van der Waals surface area contributed by atoms with Crippen molar-refractivity contribution in [2.75, 3.05) is 38.1 Å². The molecule has 0 spiro atoms. The highest BCUT2D eigenvalue weighted by Crippen LogP contribution is 2.26. The van der Waals surface area contributed by atoms with Crippen molar-refractivity contribution in [1.82, 2.24) is 9.80 Å². The second-order valence-electron chi connectivity index (χ2n) is 6.97. The fourth-order valence-electron chi connectivity index (χ4n) is 3.15. The molecule has 0 aromatic heterocycles. The lowest BCUT2D eigenvalue weighted by Crippen LogP contribution is -2.39. The van der Waals surface area contributed by atoms with Crippen LogP contribution in [0.4, 0.5) is 28.0 Å². The molecular formula is C21H21F4N3O3. The number of carbonyl (C=O) groups is 2. The summed E-state index contributed by atoms with van der Waals surface area (Å²) >= 11 is 0. The first kappa shape index (κ1) is 22.4. The van der Waals surface area contributed by atoms with Gasteiger partial charge in [-0.25, -0.2) is 9.18 Å². The average Bonchev–Trinajstić information content (AvgIpc) is 2.99. The highest BCUT2D eigenvalue weighted by molar-refractivity contribution is 5.94. The number of anilines is 1. The van der Waals surface area contributed by atoms with Crippen molar-refractivity contribution in [3.63, 3.8) is 0 Å². The van der Waals surface area contributed by atoms with E-state index in [0.29, 0.717) is 25.1 Å². The van der Waals surface area contributed by atoms with Gasteiger partial charge in [-0.05, 0) is 42.8 Å². The van der Waals surface area contributed by atoms with Crippen molar-refractivity contribution in [2.24, 2.45) is 0 Å². The molecule has 1 heterocycles. The van der Waals surface area contributed by atoms with Crippen LogP contribution in [0.5, 0.6) is 5.75 Å². The monoisotopic (exact) mass is 439 g/mol. The van der Waals surface area contributed by atoms with E-state index in [4.69, 9.17) is 4.74 Å². The van der Waals surface area contributed by atoms with Crippen LogP contribution < -0.4 is 10.1 Å². The van der Waals surface area contributed by atoms with Crippen LogP contribution in [0, 0.1) is 5.82 Å². The molecule has 0 atom stereocenters. The number of ether oxygens (including phenoxy) is 1. The molecule has 1 saturated heterocycles. The number of nitrogens with zero attached hydrogens (tertiary/aromatic N) is 2. The van der Waals surface area contributed by atoms with E-state index in [9.17, 15) is 27.2 Å². The van der Waals surface area contributed by atoms with E-state index in [2.05, 4.69) is 5.32 Å². The largest absolute Gasteiger partial charge is 0.482 e. The SMILES string of the molecule is O=C(Nc1ccccc1OCC(F)(F)F)N1CCCN(C(=O)c2ccc(F)cc2)CC1. The van der Waals surface area contributed by atoms with E-state index in [1.807, 2.05) is 0 Å². The zero-order valence-electron chi connectivity index (χ0n) is 16.5. The van der Waals surface area contributed by atoms with Gasteiger partial charge in [0.1, 0.15) is 11.6 Å². The molecule has 2 aromatic rings. The van der Waals surface area contributed by atoms with Crippen LogP contribution >= 0.6 is 0 Å². The molecule has 0 bridgehead atoms. The number of hydrogen-bond donors (Lipinski definition) is 1. The van der Waals surface area contributed by atoms with Gasteiger partial charge in [-0.15, -0.1) is 0 Å². The van der Waals surface area contributed by atoms with Gasteiger partial charge in [0.15, 0.2) is 6.61 Å². The summed E-state index contributed by atoms with van der Waals surface area (Å²) in [5.41, 5.74) is 0.482. The third kappa shape index (κ3) is 6.34. The summed E-state index contributed by atoms with van der Waals surface area (Å²) in [5, 5.41) is 2.58. The van der Waals surface area contributed by atoms with Crippen LogP contribution in [0.1, 0.15) is 16.8 Å². The first-order valence-electron chi connectivity index (χ1n) is 9.62. The summed E-state index contributed by atoms with van der Waals surface area (Å²) < 4.78 is 55.2. The lowest BCUT2D eigenvalue weighted by Gasteiger charge is -2.23. The predicted octanol–water partition coefficient (Wildman–Crippen LogP) is 4.15. The molecule has 1 N–H and O–H groups in total. The van der Waals surface area contributed by atoms with Gasteiger partial charge in [0, 0.05) is 31.7 Å². The number of nitrogens with one attached hydrogen (secondary N) is 1. The van der Waals surface area contributed by atoms with Crippen molar-refractivity contribution >= 4 is 17.6 Å². The van der Waals surface area contributed by atoms with E-state index in [0.717, 1.165) is 0 Å². The molecule has 0 radical (unpaired) electrons. The number of halogens is 4. The van der Waals surface area contributed by atoms with Gasteiger partial charge >= 0.3 is 12.2 Å². The van der Waals surface area contributed by atoms with Crippen LogP contribution in [0.25, 0.3) is 0 Å². The Labute approximate surface area is 176 Å². The predicted molar refractivity (Wildman–Crippen MR) is 106 cm³/mol. The smallest absolute Gasteiger partial charge is 0.422 e. The maximum Gasteiger partial charge on any atom is 0.422 e. The highest BCUT2D eigenvalue weighted by Gasteiger charge is 2.29. The van der Waals surface area contributed by atoms with Crippen LogP contribution in [0.3, 0.4) is 0 Å². The van der Waals surface area contributed by atoms with E-state index < -0.39 is 24.6 Å². The van der Waals surface area contributed by atoms with Crippen molar-refractivity contribution in [3.05, 3.63) is 59.9 Å². The summed E-state index contributed by atoms with van der Waals surface area (Å²) in [7, 11) is 0. The lowest BCUT2D eigenvalue weighted by molar-refractivity contribution is -0.153. The van der Waals surface area contributed by atoms with E-state index in [1.54, 1.807) is 11.0 Å². The summed E-state index contributed by atoms with van der Waals surface area (Å²) in [6.45, 7) is -0.167. The third-order valence-corrected chi connectivity index (χ3v) is 4.68. The summed E-state index contributed by atoms with van der Waals surface area (Å²) in [6.07, 6.45) is -3.98. The van der Waals surface area contributed by atoms with Gasteiger partial charge in [0.25, 0.3) is 5.91 Å². The molecule has 2 aromatic carbocycles. The Morgan fingerprint density at radius 1 is 0.935 bits per heavy atom. The summed E-state index contributed by atoms with van der Waals surface area (Å²) in [5.74, 6) is -0.779. The second-order valence-corrected chi connectivity index (χ2v) is 6.97. The normalized spacial score (nSPS) is 14.7. The number of hydrogen-bond acceptors (Lipinski definition) is 3. The molecule has 3 amide bonds. The minimum Gasteiger partial charge on any atom is -0.482 e. The Morgan fingerprint density at radius 2 is 1.58 bits per heavy atom. The van der Waals surface area contributed by atoms with Gasteiger partial charge in [0.2, 0.25) is 0 Å². The number of rotatable bonds is 4. The molecule has 1 aliphatic heterocycles. The molecule has 1 aliphatic rings. The molecule has 3 rings (SSSR count). The highest BCUT2D eigenvalue weighted by atomic mass is 19.4. The number of alkyl halides is 3. The van der Waals surface area contributed by atoms with Gasteiger partial charge < -0.3 is 19.9 Å².